The van der Waals surface area contributed by atoms with Crippen LogP contribution in [-0.4, -0.2) is 17.1 Å². The van der Waals surface area contributed by atoms with Crippen molar-refractivity contribution in [2.75, 3.05) is 7.05 Å². The van der Waals surface area contributed by atoms with E-state index < -0.39 is 10.8 Å². The lowest BCUT2D eigenvalue weighted by atomic mass is 9.85. The Morgan fingerprint density at radius 2 is 1.96 bits per heavy atom. The van der Waals surface area contributed by atoms with Crippen LogP contribution in [0.1, 0.15) is 22.6 Å². The molecule has 0 radical (unpaired) electrons. The number of hydrogen-bond donors (Lipinski definition) is 2. The molecule has 0 aliphatic carbocycles. The van der Waals surface area contributed by atoms with E-state index in [2.05, 4.69) is 5.32 Å². The number of para-hydroxylation sites is 1. The van der Waals surface area contributed by atoms with E-state index in [0.717, 1.165) is 5.56 Å². The molecule has 0 spiro atoms. The van der Waals surface area contributed by atoms with Crippen molar-refractivity contribution in [1.82, 2.24) is 5.32 Å². The molecule has 1 aliphatic rings. The van der Waals surface area contributed by atoms with Crippen LogP contribution in [0, 0.1) is 17.0 Å². The summed E-state index contributed by atoms with van der Waals surface area (Å²) in [4.78, 5) is 11.2. The van der Waals surface area contributed by atoms with E-state index in [-0.39, 0.29) is 17.3 Å². The number of nitro groups is 1. The van der Waals surface area contributed by atoms with Crippen molar-refractivity contribution in [3.8, 4) is 11.5 Å². The van der Waals surface area contributed by atoms with Gasteiger partial charge in [-0.1, -0.05) is 30.3 Å². The Hall–Kier alpha value is -3.02. The van der Waals surface area contributed by atoms with Crippen molar-refractivity contribution in [3.63, 3.8) is 0 Å². The van der Waals surface area contributed by atoms with Gasteiger partial charge in [0.05, 0.1) is 4.92 Å². The lowest BCUT2D eigenvalue weighted by Crippen LogP contribution is -2.27. The van der Waals surface area contributed by atoms with Gasteiger partial charge in [0.1, 0.15) is 17.4 Å². The van der Waals surface area contributed by atoms with E-state index in [1.807, 2.05) is 13.0 Å². The van der Waals surface area contributed by atoms with Crippen LogP contribution in [0.4, 0.5) is 0 Å². The monoisotopic (exact) mass is 312 g/mol. The highest BCUT2D eigenvalue weighted by atomic mass is 16.6. The number of aryl methyl sites for hydroxylation is 1. The van der Waals surface area contributed by atoms with Gasteiger partial charge in [-0.3, -0.25) is 10.1 Å². The van der Waals surface area contributed by atoms with Crippen molar-refractivity contribution in [3.05, 3.63) is 80.8 Å². The Morgan fingerprint density at radius 3 is 2.61 bits per heavy atom. The predicted molar refractivity (Wildman–Crippen MR) is 84.8 cm³/mol. The topological polar surface area (TPSA) is 84.6 Å². The van der Waals surface area contributed by atoms with Crippen LogP contribution in [0.2, 0.25) is 0 Å². The first-order chi connectivity index (χ1) is 11.0. The SMILES string of the molecule is CNC1=C([N+](=O)[O-])C(c2ccc(C)cc2O)c2ccccc2O1. The van der Waals surface area contributed by atoms with Gasteiger partial charge in [-0.2, -0.15) is 0 Å². The molecular formula is C17H16N2O4. The zero-order chi connectivity index (χ0) is 16.6. The van der Waals surface area contributed by atoms with Gasteiger partial charge < -0.3 is 15.2 Å². The number of fused-ring (bicyclic) bond motifs is 1. The van der Waals surface area contributed by atoms with Gasteiger partial charge in [0.25, 0.3) is 5.88 Å². The maximum absolute atomic E-state index is 11.6. The fraction of sp³-hybridized carbons (Fsp3) is 0.176. The van der Waals surface area contributed by atoms with Gasteiger partial charge >= 0.3 is 5.70 Å². The largest absolute Gasteiger partial charge is 0.508 e. The van der Waals surface area contributed by atoms with E-state index in [0.29, 0.717) is 16.9 Å². The molecule has 1 aliphatic heterocycles. The summed E-state index contributed by atoms with van der Waals surface area (Å²) in [5, 5.41) is 24.7. The van der Waals surface area contributed by atoms with Crippen LogP contribution in [0.3, 0.4) is 0 Å². The van der Waals surface area contributed by atoms with Crippen LogP contribution in [0.25, 0.3) is 0 Å². The fourth-order valence-electron chi connectivity index (χ4n) is 2.83. The predicted octanol–water partition coefficient (Wildman–Crippen LogP) is 2.89. The Labute approximate surface area is 133 Å². The molecule has 2 N–H and O–H groups in total. The normalized spacial score (nSPS) is 16.5. The van der Waals surface area contributed by atoms with Gasteiger partial charge in [-0.05, 0) is 24.6 Å². The average molecular weight is 312 g/mol. The third-order valence-corrected chi connectivity index (χ3v) is 3.87. The number of phenols is 1. The van der Waals surface area contributed by atoms with Crippen LogP contribution < -0.4 is 10.1 Å². The molecule has 2 aromatic carbocycles. The third kappa shape index (κ3) is 2.48. The summed E-state index contributed by atoms with van der Waals surface area (Å²) in [5.74, 6) is -0.0643. The number of benzene rings is 2. The van der Waals surface area contributed by atoms with Gasteiger partial charge in [0.15, 0.2) is 0 Å². The minimum atomic E-state index is -0.710. The van der Waals surface area contributed by atoms with Crippen molar-refractivity contribution in [2.24, 2.45) is 0 Å². The van der Waals surface area contributed by atoms with E-state index in [4.69, 9.17) is 4.74 Å². The summed E-state index contributed by atoms with van der Waals surface area (Å²) in [5.41, 5.74) is 1.89. The summed E-state index contributed by atoms with van der Waals surface area (Å²) in [7, 11) is 1.57. The number of hydrogen-bond acceptors (Lipinski definition) is 5. The molecule has 6 heteroatoms. The third-order valence-electron chi connectivity index (χ3n) is 3.87. The van der Waals surface area contributed by atoms with Crippen LogP contribution in [-0.2, 0) is 0 Å². The number of aromatic hydroxyl groups is 1. The Morgan fingerprint density at radius 1 is 1.22 bits per heavy atom. The highest BCUT2D eigenvalue weighted by Crippen LogP contribution is 2.45. The molecule has 1 atom stereocenters. The quantitative estimate of drug-likeness (QED) is 0.672. The van der Waals surface area contributed by atoms with Gasteiger partial charge in [0.2, 0.25) is 0 Å². The highest BCUT2D eigenvalue weighted by Gasteiger charge is 2.40. The number of allylic oxidation sites excluding steroid dienone is 1. The number of ether oxygens (including phenoxy) is 1. The zero-order valence-electron chi connectivity index (χ0n) is 12.7. The second-order valence-electron chi connectivity index (χ2n) is 5.36. The summed E-state index contributed by atoms with van der Waals surface area (Å²) >= 11 is 0. The number of phenolic OH excluding ortho intramolecular Hbond substituents is 1. The van der Waals surface area contributed by atoms with Crippen LogP contribution >= 0.6 is 0 Å². The molecule has 0 fully saturated rings. The van der Waals surface area contributed by atoms with Crippen LogP contribution in [0.5, 0.6) is 11.5 Å². The maximum Gasteiger partial charge on any atom is 0.317 e. The molecule has 0 bridgehead atoms. The smallest absolute Gasteiger partial charge is 0.317 e. The van der Waals surface area contributed by atoms with Crippen molar-refractivity contribution >= 4 is 0 Å². The molecule has 118 valence electrons. The lowest BCUT2D eigenvalue weighted by molar-refractivity contribution is -0.432. The van der Waals surface area contributed by atoms with Crippen molar-refractivity contribution < 1.29 is 14.8 Å². The van der Waals surface area contributed by atoms with E-state index in [9.17, 15) is 15.2 Å². The second kappa shape index (κ2) is 5.64. The van der Waals surface area contributed by atoms with Crippen LogP contribution in [0.15, 0.2) is 54.0 Å². The Bertz CT molecular complexity index is 814. The lowest BCUT2D eigenvalue weighted by Gasteiger charge is -2.26. The van der Waals surface area contributed by atoms with Crippen molar-refractivity contribution in [2.45, 2.75) is 12.8 Å². The molecule has 0 saturated heterocycles. The minimum Gasteiger partial charge on any atom is -0.508 e. The molecule has 2 aromatic rings. The first-order valence-corrected chi connectivity index (χ1v) is 7.15. The molecule has 23 heavy (non-hydrogen) atoms. The molecule has 1 unspecified atom stereocenters. The summed E-state index contributed by atoms with van der Waals surface area (Å²) in [6.45, 7) is 1.85. The fourth-order valence-corrected chi connectivity index (χ4v) is 2.83. The van der Waals surface area contributed by atoms with Crippen molar-refractivity contribution in [1.29, 1.82) is 0 Å². The molecule has 0 saturated carbocycles. The first-order valence-electron chi connectivity index (χ1n) is 7.15. The van der Waals surface area contributed by atoms with Gasteiger partial charge in [-0.15, -0.1) is 0 Å². The molecule has 6 nitrogen and oxygen atoms in total. The molecule has 1 heterocycles. The molecule has 3 rings (SSSR count). The maximum atomic E-state index is 11.6. The Kier molecular flexibility index (Phi) is 3.65. The van der Waals surface area contributed by atoms with E-state index in [1.54, 1.807) is 43.4 Å². The number of nitrogens with zero attached hydrogens (tertiary/aromatic N) is 1. The van der Waals surface area contributed by atoms with E-state index in [1.165, 1.54) is 0 Å². The molecular weight excluding hydrogens is 296 g/mol. The minimum absolute atomic E-state index is 0.0292. The number of nitrogens with one attached hydrogen (secondary N) is 1. The zero-order valence-corrected chi connectivity index (χ0v) is 12.7. The molecule has 0 aromatic heterocycles. The summed E-state index contributed by atoms with van der Waals surface area (Å²) < 4.78 is 5.62. The van der Waals surface area contributed by atoms with E-state index >= 15 is 0 Å². The first kappa shape index (κ1) is 14.9. The standard InChI is InChI=1S/C17H16N2O4/c1-10-7-8-11(13(20)9-10)15-12-5-3-4-6-14(12)23-17(18-2)16(15)19(21)22/h3-9,15,18,20H,1-2H3. The molecule has 0 amide bonds. The second-order valence-corrected chi connectivity index (χ2v) is 5.36. The number of rotatable bonds is 3. The Balaban J connectivity index is 2.28. The van der Waals surface area contributed by atoms with Gasteiger partial charge in [0, 0.05) is 18.2 Å². The average Bonchev–Trinajstić information content (AvgIpc) is 2.53. The summed E-state index contributed by atoms with van der Waals surface area (Å²) in [6, 6.07) is 12.3. The summed E-state index contributed by atoms with van der Waals surface area (Å²) in [6.07, 6.45) is 0. The van der Waals surface area contributed by atoms with Gasteiger partial charge in [-0.25, -0.2) is 0 Å². The highest BCUT2D eigenvalue weighted by molar-refractivity contribution is 5.54.